The number of phenols is 1. The van der Waals surface area contributed by atoms with Crippen molar-refractivity contribution in [2.45, 2.75) is 128 Å². The number of nitrogens with two attached hydrogens (primary N) is 2. The van der Waals surface area contributed by atoms with E-state index >= 15 is 0 Å². The summed E-state index contributed by atoms with van der Waals surface area (Å²) in [5.41, 5.74) is 14.5. The van der Waals surface area contributed by atoms with Crippen molar-refractivity contribution in [3.63, 3.8) is 0 Å². The smallest absolute Gasteiger partial charge is 0.340 e. The first kappa shape index (κ1) is 107. The number of aromatic carboxylic acids is 2. The number of hydrogen-bond acceptors (Lipinski definition) is 31. The highest BCUT2D eigenvalue weighted by molar-refractivity contribution is 8.00. The summed E-state index contributed by atoms with van der Waals surface area (Å²) in [5, 5.41) is 43.3. The molecule has 137 heavy (non-hydrogen) atoms. The number of phenolic OH excluding ortho intramolecular Hbond substituents is 1. The van der Waals surface area contributed by atoms with Gasteiger partial charge in [-0.3, -0.25) is 52.9 Å². The number of rotatable bonds is 23. The van der Waals surface area contributed by atoms with Gasteiger partial charge in [-0.1, -0.05) is 44.2 Å². The van der Waals surface area contributed by atoms with Crippen molar-refractivity contribution in [1.29, 1.82) is 0 Å². The van der Waals surface area contributed by atoms with Gasteiger partial charge in [-0.05, 0) is 171 Å². The van der Waals surface area contributed by atoms with E-state index in [1.165, 1.54) is 68.1 Å². The molecule has 5 aliphatic heterocycles. The molecule has 8 aromatic rings. The molecule has 7 aliphatic rings. The predicted molar refractivity (Wildman–Crippen MR) is 515 cm³/mol. The van der Waals surface area contributed by atoms with Gasteiger partial charge in [0.25, 0.3) is 16.0 Å². The Kier molecular flexibility index (Phi) is 32.9. The van der Waals surface area contributed by atoms with Gasteiger partial charge >= 0.3 is 17.6 Å². The molecule has 0 bridgehead atoms. The van der Waals surface area contributed by atoms with Crippen LogP contribution in [0.25, 0.3) is 61.1 Å². The average Bonchev–Trinajstić information content (AvgIpc) is 0.714. The lowest BCUT2D eigenvalue weighted by atomic mass is 9.76. The number of sulfone groups is 1. The molecule has 2 unspecified atom stereocenters. The fourth-order valence-electron chi connectivity index (χ4n) is 16.2. The van der Waals surface area contributed by atoms with Gasteiger partial charge in [0.15, 0.2) is 16.8 Å². The Balaban J connectivity index is 0.000000209. The summed E-state index contributed by atoms with van der Waals surface area (Å²) < 4.78 is 145. The summed E-state index contributed by atoms with van der Waals surface area (Å²) in [4.78, 5) is 133. The number of carboxylic acid groups (broad SMARTS) is 2. The van der Waals surface area contributed by atoms with Gasteiger partial charge in [0, 0.05) is 158 Å². The van der Waals surface area contributed by atoms with E-state index in [0.717, 1.165) is 34.6 Å². The summed E-state index contributed by atoms with van der Waals surface area (Å²) in [6.07, 6.45) is 3.74. The Hall–Kier alpha value is -13.5. The lowest BCUT2D eigenvalue weighted by Gasteiger charge is -2.42. The van der Waals surface area contributed by atoms with E-state index in [4.69, 9.17) is 19.3 Å². The molecular formula is C96H102N7O29S5+. The lowest BCUT2D eigenvalue weighted by molar-refractivity contribution is -0.134. The third kappa shape index (κ3) is 23.6. The number of carboxylic acids is 2. The van der Waals surface area contributed by atoms with Crippen LogP contribution in [0.2, 0.25) is 0 Å². The summed E-state index contributed by atoms with van der Waals surface area (Å²) in [5.74, 6) is -2.79. The van der Waals surface area contributed by atoms with Crippen LogP contribution in [0.15, 0.2) is 163 Å². The van der Waals surface area contributed by atoms with Gasteiger partial charge < -0.3 is 59.1 Å². The minimum absolute atomic E-state index is 0. The largest absolute Gasteiger partial charge is 0.748 e. The molecule has 4 amide bonds. The average molecular weight is 1980 g/mol. The zero-order chi connectivity index (χ0) is 99.7. The van der Waals surface area contributed by atoms with Gasteiger partial charge in [0.2, 0.25) is 32.9 Å². The number of aryl methyl sites for hydroxylation is 2. The maximum atomic E-state index is 13.0. The van der Waals surface area contributed by atoms with Crippen molar-refractivity contribution in [2.75, 3.05) is 72.7 Å². The molecule has 10 N–H and O–H groups in total. The van der Waals surface area contributed by atoms with Crippen molar-refractivity contribution in [3.8, 4) is 39.7 Å². The summed E-state index contributed by atoms with van der Waals surface area (Å²) >= 11 is 1.19. The second kappa shape index (κ2) is 42.0. The number of hydrogen-bond donors (Lipinski definition) is 8. The van der Waals surface area contributed by atoms with Crippen LogP contribution >= 0.6 is 11.8 Å². The molecule has 2 aliphatic carbocycles. The van der Waals surface area contributed by atoms with E-state index in [2.05, 4.69) is 15.3 Å². The number of nitrogen functional groups attached to an aromatic ring is 1. The molecule has 724 valence electrons. The molecule has 7 aromatic carbocycles. The first-order chi connectivity index (χ1) is 63.1. The molecule has 1 aromatic heterocycles. The third-order valence-corrected chi connectivity index (χ3v) is 28.6. The molecule has 0 saturated carbocycles. The Morgan fingerprint density at radius 1 is 0.686 bits per heavy atom. The van der Waals surface area contributed by atoms with Gasteiger partial charge in [0.1, 0.15) is 58.7 Å². The number of nitrogens with zero attached hydrogens (tertiary/aromatic N) is 3. The number of Topliss-reactive ketones (excluding diaryl/α,β-unsaturated/α-hetero) is 3. The highest BCUT2D eigenvalue weighted by Crippen LogP contribution is 2.49. The number of ether oxygens (including phenoxy) is 1. The van der Waals surface area contributed by atoms with Crippen LogP contribution in [0.5, 0.6) is 17.2 Å². The number of aliphatic hydroxyl groups is 1. The Labute approximate surface area is 793 Å². The van der Waals surface area contributed by atoms with Crippen molar-refractivity contribution >= 4 is 161 Å². The number of imide groups is 1. The maximum absolute atomic E-state index is 13.0. The standard InChI is InChI=1S/C34H34N2O9S2.C26H21NO7S.C18H21NO9S2.C14H15NO3.C2H6N2O.2CH3/c1-33(2)15-19(17-46(39,40)41)23-11-25-29(13-27(23)35(33)5)45-30-14-28-24(20(18-47(42,43)44)16-34(3,4)36(28)6)12-26(30)31(25)21-9-7-8-10-22(21)32(37)38;1-2-15(28)12-35-13-24(31)27-14-3-6-18(21(9-14)26(32)33)25-19-7-4-16(29)10-22(19)34-23-11-17(30)5-8-20(23)25;1-3-11(21)8-19-17(22)14-6-12(29(24,25)9-20)4-10-5-13(30(26,27)28-2)7-15(16(10)14)18(19)23;1-7-4-10-9(3)11(5-8(2)16)14(17)18-13(10)6-12(7)15;1-2(5)4-3;;/h7-16H,17-18H2,1-6H3,(H2-,37,38,39,40,41,42,43,44);3-11,29H,2,12-13H2,1H3,(H,27,31)(H,32,33);4,6,13,15,20H,3,5,7-9H2,1-2H3;4,6H,5,15H2,1-3H3;3H2,1H3,(H,4,5);2*1H3/q;;;;;2*+1/p-1. The number of hydrazine groups is 1. The quantitative estimate of drug-likeness (QED) is 0.00253. The number of anilines is 3. The van der Waals surface area contributed by atoms with Crippen molar-refractivity contribution < 1.29 is 124 Å². The van der Waals surface area contributed by atoms with Gasteiger partial charge in [-0.2, -0.15) is 8.42 Å². The van der Waals surface area contributed by atoms with Crippen LogP contribution in [0.1, 0.15) is 162 Å². The van der Waals surface area contributed by atoms with E-state index in [-0.39, 0.29) is 136 Å². The van der Waals surface area contributed by atoms with Crippen LogP contribution in [0.4, 0.5) is 17.1 Å². The molecule has 6 heterocycles. The highest BCUT2D eigenvalue weighted by Gasteiger charge is 2.48. The summed E-state index contributed by atoms with van der Waals surface area (Å²) in [6, 6.07) is 32.4. The number of amides is 4. The second-order valence-corrected chi connectivity index (χ2v) is 41.2. The van der Waals surface area contributed by atoms with Crippen LogP contribution in [0, 0.1) is 28.7 Å². The fraction of sp³-hybridized carbons (Fsp3) is 0.292. The second-order valence-electron chi connectivity index (χ2n) is 33.5. The summed E-state index contributed by atoms with van der Waals surface area (Å²) in [6.45, 7) is 16.9. The number of benzene rings is 8. The lowest BCUT2D eigenvalue weighted by Crippen LogP contribution is -2.50. The molecule has 0 saturated heterocycles. The molecule has 0 fully saturated rings. The monoisotopic (exact) mass is 1980 g/mol. The Bertz CT molecular complexity index is 7460. The summed E-state index contributed by atoms with van der Waals surface area (Å²) in [7, 11) is -12.9. The number of thioether (sulfide) groups is 1. The minimum atomic E-state index is -4.67. The maximum Gasteiger partial charge on any atom is 0.340 e. The van der Waals surface area contributed by atoms with Crippen molar-refractivity contribution in [3.05, 3.63) is 252 Å². The molecular weight excluding hydrogens is 1880 g/mol. The van der Waals surface area contributed by atoms with E-state index in [0.29, 0.717) is 118 Å². The van der Waals surface area contributed by atoms with Crippen LogP contribution in [0.3, 0.4) is 0 Å². The van der Waals surface area contributed by atoms with Gasteiger partial charge in [0.05, 0.1) is 101 Å². The topological polar surface area (TPSA) is 582 Å². The first-order valence-corrected chi connectivity index (χ1v) is 49.0. The number of carbonyl (C=O) groups is 9. The van der Waals surface area contributed by atoms with Crippen molar-refractivity contribution in [1.82, 2.24) is 14.9 Å². The Morgan fingerprint density at radius 3 is 1.92 bits per heavy atom. The SMILES string of the molecule is CC(=O)Cc1c(C)c2cc(C)c(N)cc2oc1=O.CC(=O)NN.CCC(=O)CN1C(=O)c2cc(S(=O)(=O)CO)cc3c2C(CC(S(=O)(=O)OC)C3)C1=O.CCC(=O)CSCC(=O)Nc1ccc(-c2c3ccc(=O)cc-3oc3cc(O)ccc23)c(C(=O)O)c1.CN1c2cc3c(cc2C(CS(=O)(=O)[O-])=CC1(C)C)C(c1ccccc1C(=O)O)=c1cc2c(cc1O3)=[N+](C)C(C)(C)C=C2CS(=O)(=O)[O-].[CH3+].[CH3+]. The van der Waals surface area contributed by atoms with E-state index < -0.39 is 116 Å². The highest BCUT2D eigenvalue weighted by atomic mass is 32.2. The normalized spacial score (nSPS) is 15.3. The molecule has 0 radical (unpaired) electrons. The van der Waals surface area contributed by atoms with Crippen LogP contribution < -0.4 is 58.2 Å². The number of likely N-dealkylation sites (N-methyl/N-ethyl adjacent to an activating group) is 2. The molecule has 15 rings (SSSR count). The zero-order valence-corrected chi connectivity index (χ0v) is 81.3. The predicted octanol–water partition coefficient (Wildman–Crippen LogP) is 9.12. The van der Waals surface area contributed by atoms with E-state index in [1.54, 1.807) is 98.8 Å². The molecule has 2 atom stereocenters. The number of carbonyl (C=O) groups excluding carboxylic acids is 7. The minimum Gasteiger partial charge on any atom is -0.748 e. The number of nitrogens with one attached hydrogen (secondary N) is 2. The first-order valence-electron chi connectivity index (χ1n) is 41.5. The fourth-order valence-corrected chi connectivity index (χ4v) is 20.1. The molecule has 36 nitrogen and oxygen atoms in total. The number of ketones is 3. The van der Waals surface area contributed by atoms with E-state index in [1.807, 2.05) is 76.6 Å². The van der Waals surface area contributed by atoms with Gasteiger partial charge in [-0.15, -0.1) is 11.8 Å². The van der Waals surface area contributed by atoms with Crippen LogP contribution in [-0.4, -0.2) is 194 Å². The molecule has 41 heteroatoms. The van der Waals surface area contributed by atoms with Gasteiger partial charge in [-0.25, -0.2) is 50.1 Å². The number of fused-ring (bicyclic) bond motifs is 7. The number of aromatic hydroxyl groups is 1. The molecule has 0 spiro atoms. The zero-order valence-electron chi connectivity index (χ0n) is 77.2. The number of aliphatic hydroxyl groups excluding tert-OH is 1. The van der Waals surface area contributed by atoms with Crippen molar-refractivity contribution in [2.24, 2.45) is 5.84 Å². The van der Waals surface area contributed by atoms with Crippen LogP contribution in [-0.2, 0) is 86.0 Å². The Morgan fingerprint density at radius 2 is 1.31 bits per heavy atom. The third-order valence-electron chi connectivity index (χ3n) is 23.4. The van der Waals surface area contributed by atoms with E-state index in [9.17, 15) is 116 Å².